The molecule has 0 aliphatic carbocycles. The minimum absolute atomic E-state index is 0.0527. The Labute approximate surface area is 198 Å². The van der Waals surface area contributed by atoms with Crippen LogP contribution in [0.15, 0.2) is 41.0 Å². The number of nitrogens with two attached hydrogens (primary N) is 1. The average Bonchev–Trinajstić information content (AvgIpc) is 3.23. The number of nitrogens with one attached hydrogen (secondary N) is 1. The molecule has 0 radical (unpaired) electrons. The lowest BCUT2D eigenvalue weighted by atomic mass is 10.0. The fraction of sp³-hybridized carbons (Fsp3) is 0.222. The number of hydrogen-bond acceptors (Lipinski definition) is 11. The first kappa shape index (κ1) is 23.1. The van der Waals surface area contributed by atoms with Crippen LogP contribution in [0, 0.1) is 0 Å². The van der Waals surface area contributed by atoms with Gasteiger partial charge in [-0.15, -0.1) is 11.8 Å². The van der Waals surface area contributed by atoms with Gasteiger partial charge in [0.1, 0.15) is 17.1 Å². The molecule has 4 heterocycles. The molecule has 16 heteroatoms. The van der Waals surface area contributed by atoms with Gasteiger partial charge in [0, 0.05) is 35.0 Å². The number of carboxylic acid groups (broad SMARTS) is 2. The van der Waals surface area contributed by atoms with E-state index in [9.17, 15) is 29.5 Å². The van der Waals surface area contributed by atoms with Crippen LogP contribution in [0.4, 0.5) is 5.13 Å². The van der Waals surface area contributed by atoms with E-state index in [1.54, 1.807) is 4.57 Å². The molecule has 0 aromatic carbocycles. The summed E-state index contributed by atoms with van der Waals surface area (Å²) in [5.74, 6) is -3.91. The van der Waals surface area contributed by atoms with Crippen molar-refractivity contribution in [2.45, 2.75) is 18.0 Å². The zero-order valence-electron chi connectivity index (χ0n) is 17.0. The molecule has 34 heavy (non-hydrogen) atoms. The van der Waals surface area contributed by atoms with Gasteiger partial charge in [0.2, 0.25) is 11.5 Å². The summed E-state index contributed by atoms with van der Waals surface area (Å²) in [6, 6.07) is 1.71. The quantitative estimate of drug-likeness (QED) is 0.0981. The topological polar surface area (TPSA) is 212 Å². The van der Waals surface area contributed by atoms with Crippen molar-refractivity contribution in [1.29, 1.82) is 0 Å². The summed E-state index contributed by atoms with van der Waals surface area (Å²) < 4.78 is 5.40. The molecule has 4 rings (SSSR count). The Morgan fingerprint density at radius 3 is 2.53 bits per heavy atom. The van der Waals surface area contributed by atoms with Gasteiger partial charge in [-0.25, -0.2) is 14.2 Å². The molecule has 176 valence electrons. The highest BCUT2D eigenvalue weighted by Gasteiger charge is 2.54. The molecule has 0 spiro atoms. The van der Waals surface area contributed by atoms with E-state index in [0.717, 1.165) is 16.4 Å². The Bertz CT molecular complexity index is 1260. The van der Waals surface area contributed by atoms with Crippen LogP contribution >= 0.6 is 23.3 Å². The number of aliphatic carboxylic acids is 1. The summed E-state index contributed by atoms with van der Waals surface area (Å²) in [6.07, 6.45) is 3.01. The molecular weight excluding hydrogens is 490 g/mol. The third kappa shape index (κ3) is 4.15. The van der Waals surface area contributed by atoms with Gasteiger partial charge in [0.25, 0.3) is 11.8 Å². The lowest BCUT2D eigenvalue weighted by Gasteiger charge is -2.49. The lowest BCUT2D eigenvalue weighted by Crippen LogP contribution is -2.71. The van der Waals surface area contributed by atoms with Crippen molar-refractivity contribution in [3.8, 4) is 0 Å². The predicted molar refractivity (Wildman–Crippen MR) is 116 cm³/mol. The molecule has 1 fully saturated rings. The van der Waals surface area contributed by atoms with Crippen molar-refractivity contribution in [2.24, 2.45) is 5.16 Å². The second-order valence-corrected chi connectivity index (χ2v) is 8.98. The van der Waals surface area contributed by atoms with E-state index in [-0.39, 0.29) is 34.5 Å². The predicted octanol–water partition coefficient (Wildman–Crippen LogP) is -1.28. The lowest BCUT2D eigenvalue weighted by molar-refractivity contribution is -0.689. The molecule has 2 aliphatic heterocycles. The van der Waals surface area contributed by atoms with Gasteiger partial charge in [0.05, 0.1) is 5.56 Å². The summed E-state index contributed by atoms with van der Waals surface area (Å²) in [4.78, 5) is 53.2. The number of rotatable bonds is 7. The number of hydrogen-bond donors (Lipinski definition) is 5. The number of aromatic nitrogens is 3. The maximum absolute atomic E-state index is 12.8. The van der Waals surface area contributed by atoms with Crippen LogP contribution in [0.5, 0.6) is 0 Å². The van der Waals surface area contributed by atoms with E-state index in [4.69, 9.17) is 10.8 Å². The normalized spacial score (nSPS) is 19.9. The molecule has 0 bridgehead atoms. The zero-order valence-corrected chi connectivity index (χ0v) is 18.6. The summed E-state index contributed by atoms with van der Waals surface area (Å²) in [5.41, 5.74) is 5.28. The first-order valence-electron chi connectivity index (χ1n) is 9.46. The number of carbonyl (C=O) groups excluding carboxylic acids is 2. The van der Waals surface area contributed by atoms with Crippen molar-refractivity contribution in [1.82, 2.24) is 19.6 Å². The first-order chi connectivity index (χ1) is 16.2. The van der Waals surface area contributed by atoms with Gasteiger partial charge in [-0.3, -0.25) is 14.5 Å². The Morgan fingerprint density at radius 1 is 1.26 bits per heavy atom. The third-order valence-corrected chi connectivity index (χ3v) is 6.90. The zero-order chi connectivity index (χ0) is 24.6. The largest absolute Gasteiger partial charge is 0.478 e. The van der Waals surface area contributed by atoms with Gasteiger partial charge in [-0.05, 0) is 0 Å². The number of aromatic carboxylic acids is 1. The highest BCUT2D eigenvalue weighted by atomic mass is 32.2. The second-order valence-electron chi connectivity index (χ2n) is 7.09. The fourth-order valence-electron chi connectivity index (χ4n) is 3.46. The van der Waals surface area contributed by atoms with Crippen molar-refractivity contribution >= 4 is 57.9 Å². The summed E-state index contributed by atoms with van der Waals surface area (Å²) in [6.45, 7) is 0.125. The first-order valence-corrected chi connectivity index (χ1v) is 11.3. The van der Waals surface area contributed by atoms with Gasteiger partial charge >= 0.3 is 11.9 Å². The molecule has 2 aliphatic rings. The maximum atomic E-state index is 12.8. The highest BCUT2D eigenvalue weighted by molar-refractivity contribution is 8.00. The van der Waals surface area contributed by atoms with Gasteiger partial charge < -0.3 is 26.5 Å². The van der Waals surface area contributed by atoms with E-state index in [2.05, 4.69) is 19.8 Å². The molecular formula is C18H16N7O7S2+. The molecule has 2 atom stereocenters. The molecule has 2 aromatic heterocycles. The fourth-order valence-corrected chi connectivity index (χ4v) is 5.23. The van der Waals surface area contributed by atoms with Crippen molar-refractivity contribution in [2.75, 3.05) is 11.5 Å². The van der Waals surface area contributed by atoms with Crippen LogP contribution in [0.3, 0.4) is 0 Å². The number of thioether (sulfide) groups is 1. The van der Waals surface area contributed by atoms with Crippen LogP contribution in [-0.2, 0) is 20.9 Å². The monoisotopic (exact) mass is 506 g/mol. The Kier molecular flexibility index (Phi) is 6.16. The van der Waals surface area contributed by atoms with E-state index in [1.807, 2.05) is 0 Å². The molecule has 1 saturated heterocycles. The van der Waals surface area contributed by atoms with Crippen LogP contribution in [-0.4, -0.2) is 76.3 Å². The number of pyridine rings is 1. The molecule has 0 unspecified atom stereocenters. The van der Waals surface area contributed by atoms with Crippen molar-refractivity contribution in [3.63, 3.8) is 0 Å². The standard InChI is InChI=1S/C18H15N7O7S2/c19-18-21-12(23-34-18)9(22-32)13(26)20-10-14(27)25-11(17(30)31)8(6-33-15(10)25)5-24-3-1-7(2-4-24)16(28)29/h1-4,10,15H,5-6H2,(H5-,19,20,21,23,26,28,29,30,31,32)/p+1/t10-,15-/m1/s1. The van der Waals surface area contributed by atoms with Crippen LogP contribution in [0.2, 0.25) is 0 Å². The van der Waals surface area contributed by atoms with Crippen LogP contribution in [0.1, 0.15) is 16.2 Å². The number of fused-ring (bicyclic) bond motifs is 1. The van der Waals surface area contributed by atoms with E-state index < -0.39 is 40.9 Å². The Morgan fingerprint density at radius 2 is 1.97 bits per heavy atom. The number of nitrogens with zero attached hydrogens (tertiary/aromatic N) is 5. The van der Waals surface area contributed by atoms with E-state index in [0.29, 0.717) is 5.57 Å². The third-order valence-electron chi connectivity index (χ3n) is 5.02. The number of nitrogen functional groups attached to an aromatic ring is 1. The van der Waals surface area contributed by atoms with Gasteiger partial charge in [0.15, 0.2) is 24.1 Å². The minimum Gasteiger partial charge on any atom is -0.478 e. The molecule has 6 N–H and O–H groups in total. The van der Waals surface area contributed by atoms with Crippen molar-refractivity contribution in [3.05, 3.63) is 47.2 Å². The number of anilines is 1. The number of amides is 2. The average molecular weight is 507 g/mol. The molecule has 0 saturated carbocycles. The number of carbonyl (C=O) groups is 4. The smallest absolute Gasteiger partial charge is 0.352 e. The number of carboxylic acids is 2. The van der Waals surface area contributed by atoms with Gasteiger partial charge in [-0.1, -0.05) is 5.16 Å². The van der Waals surface area contributed by atoms with E-state index >= 15 is 0 Å². The minimum atomic E-state index is -1.30. The molecule has 2 amide bonds. The summed E-state index contributed by atoms with van der Waals surface area (Å²) >= 11 is 2.05. The van der Waals surface area contributed by atoms with Crippen molar-refractivity contribution < 1.29 is 39.2 Å². The molecule has 14 nitrogen and oxygen atoms in total. The number of oxime groups is 1. The Balaban J connectivity index is 1.51. The second kappa shape index (κ2) is 9.06. The highest BCUT2D eigenvalue weighted by Crippen LogP contribution is 2.40. The van der Waals surface area contributed by atoms with E-state index in [1.165, 1.54) is 36.3 Å². The Hall–Kier alpha value is -4.05. The van der Waals surface area contributed by atoms with Gasteiger partial charge in [-0.2, -0.15) is 9.36 Å². The van der Waals surface area contributed by atoms with Crippen LogP contribution in [0.25, 0.3) is 0 Å². The summed E-state index contributed by atoms with van der Waals surface area (Å²) in [5, 5.41) is 32.7. The molecule has 2 aromatic rings. The summed E-state index contributed by atoms with van der Waals surface area (Å²) in [7, 11) is 0. The SMILES string of the molecule is Nc1nc(/C(=N/O)C(=O)N[C@@H]2C(=O)N3C(C(=O)O)=C(C[n+]4ccc(C(=O)O)cc4)CS[C@H]23)ns1. The number of β-lactam (4-membered cyclic amide) rings is 1. The van der Waals surface area contributed by atoms with Crippen LogP contribution < -0.4 is 15.6 Å². The maximum Gasteiger partial charge on any atom is 0.352 e.